The number of phenolic OH excluding ortho intramolecular Hbond substituents is 1. The van der Waals surface area contributed by atoms with E-state index in [1.807, 2.05) is 0 Å². The van der Waals surface area contributed by atoms with Crippen molar-refractivity contribution in [3.63, 3.8) is 0 Å². The summed E-state index contributed by atoms with van der Waals surface area (Å²) in [5.74, 6) is 0.0994. The first kappa shape index (κ1) is 15.4. The molecule has 2 heterocycles. The highest BCUT2D eigenvalue weighted by Crippen LogP contribution is 2.31. The molecule has 3 aliphatic rings. The minimum Gasteiger partial charge on any atom is -0.508 e. The van der Waals surface area contributed by atoms with Gasteiger partial charge >= 0.3 is 0 Å². The summed E-state index contributed by atoms with van der Waals surface area (Å²) < 4.78 is 11.5. The third-order valence-electron chi connectivity index (χ3n) is 4.78. The van der Waals surface area contributed by atoms with Gasteiger partial charge in [0.05, 0.1) is 25.3 Å². The minimum absolute atomic E-state index is 0.0735. The topological polar surface area (TPSA) is 96.9 Å². The average Bonchev–Trinajstić information content (AvgIpc) is 3.25. The largest absolute Gasteiger partial charge is 0.508 e. The number of rotatable bonds is 4. The van der Waals surface area contributed by atoms with Gasteiger partial charge in [0.1, 0.15) is 18.0 Å². The van der Waals surface area contributed by atoms with Gasteiger partial charge in [-0.15, -0.1) is 0 Å². The van der Waals surface area contributed by atoms with Crippen molar-refractivity contribution >= 4 is 11.8 Å². The van der Waals surface area contributed by atoms with Crippen LogP contribution in [0.25, 0.3) is 0 Å². The van der Waals surface area contributed by atoms with Crippen LogP contribution in [0.2, 0.25) is 0 Å². The van der Waals surface area contributed by atoms with Crippen LogP contribution in [-0.4, -0.2) is 54.4 Å². The summed E-state index contributed by atoms with van der Waals surface area (Å²) in [5, 5.41) is 15.2. The quantitative estimate of drug-likeness (QED) is 0.731. The normalized spacial score (nSPS) is 31.5. The van der Waals surface area contributed by atoms with Crippen molar-refractivity contribution in [1.29, 1.82) is 0 Å². The highest BCUT2D eigenvalue weighted by atomic mass is 16.6. The maximum atomic E-state index is 12.3. The van der Waals surface area contributed by atoms with Crippen molar-refractivity contribution in [1.82, 2.24) is 10.6 Å². The Labute approximate surface area is 139 Å². The van der Waals surface area contributed by atoms with Crippen molar-refractivity contribution in [3.8, 4) is 5.75 Å². The maximum absolute atomic E-state index is 12.3. The number of hydrogen-bond donors (Lipinski definition) is 3. The molecule has 7 heteroatoms. The molecule has 4 unspecified atom stereocenters. The number of carbonyl (C=O) groups is 2. The van der Waals surface area contributed by atoms with Gasteiger partial charge in [-0.2, -0.15) is 0 Å². The molecule has 7 nitrogen and oxygen atoms in total. The van der Waals surface area contributed by atoms with E-state index in [1.165, 1.54) is 12.1 Å². The molecule has 128 valence electrons. The van der Waals surface area contributed by atoms with E-state index in [4.69, 9.17) is 9.47 Å². The Bertz CT molecular complexity index is 643. The number of fused-ring (bicyclic) bond motifs is 1. The molecule has 1 aliphatic carbocycles. The van der Waals surface area contributed by atoms with E-state index < -0.39 is 0 Å². The first-order chi connectivity index (χ1) is 11.6. The number of aromatic hydroxyl groups is 1. The lowest BCUT2D eigenvalue weighted by atomic mass is 10.1. The first-order valence-electron chi connectivity index (χ1n) is 8.25. The number of amides is 2. The second-order valence-electron chi connectivity index (χ2n) is 6.61. The maximum Gasteiger partial charge on any atom is 0.251 e. The first-order valence-corrected chi connectivity index (χ1v) is 8.25. The van der Waals surface area contributed by atoms with Crippen molar-refractivity contribution < 1.29 is 24.2 Å². The van der Waals surface area contributed by atoms with Crippen LogP contribution in [0.4, 0.5) is 0 Å². The standard InChI is InChI=1S/C17H20N2O5/c20-11-5-3-10(4-6-11)17(22)19-13-8-24-14-12(7-23-15(13)14)18-16(21)9-1-2-9/h3-6,9,12-15,20H,1-2,7-8H2,(H,18,21)(H,19,22). The van der Waals surface area contributed by atoms with E-state index in [-0.39, 0.29) is 47.8 Å². The van der Waals surface area contributed by atoms with E-state index in [9.17, 15) is 14.7 Å². The molecule has 3 N–H and O–H groups in total. The number of phenols is 1. The van der Waals surface area contributed by atoms with Gasteiger partial charge in [0.2, 0.25) is 5.91 Å². The average molecular weight is 332 g/mol. The van der Waals surface area contributed by atoms with Crippen LogP contribution in [-0.2, 0) is 14.3 Å². The van der Waals surface area contributed by atoms with Crippen LogP contribution in [0.15, 0.2) is 24.3 Å². The molecule has 1 saturated carbocycles. The molecule has 0 radical (unpaired) electrons. The Kier molecular flexibility index (Phi) is 3.90. The Balaban J connectivity index is 1.35. The molecule has 1 aromatic rings. The van der Waals surface area contributed by atoms with Gasteiger partial charge < -0.3 is 25.2 Å². The summed E-state index contributed by atoms with van der Waals surface area (Å²) in [6.45, 7) is 0.758. The molecule has 2 saturated heterocycles. The third-order valence-corrected chi connectivity index (χ3v) is 4.78. The Morgan fingerprint density at radius 1 is 0.958 bits per heavy atom. The van der Waals surface area contributed by atoms with Crippen molar-refractivity contribution in [2.75, 3.05) is 13.2 Å². The fourth-order valence-electron chi connectivity index (χ4n) is 3.26. The summed E-state index contributed by atoms with van der Waals surface area (Å²) >= 11 is 0. The number of nitrogens with one attached hydrogen (secondary N) is 2. The van der Waals surface area contributed by atoms with Crippen LogP contribution in [0.3, 0.4) is 0 Å². The molecule has 4 rings (SSSR count). The predicted molar refractivity (Wildman–Crippen MR) is 83.5 cm³/mol. The van der Waals surface area contributed by atoms with Gasteiger partial charge in [-0.3, -0.25) is 9.59 Å². The molecule has 0 bridgehead atoms. The lowest BCUT2D eigenvalue weighted by Crippen LogP contribution is -2.47. The molecule has 3 fully saturated rings. The van der Waals surface area contributed by atoms with E-state index in [1.54, 1.807) is 12.1 Å². The smallest absolute Gasteiger partial charge is 0.251 e. The molecule has 24 heavy (non-hydrogen) atoms. The zero-order chi connectivity index (χ0) is 16.7. The summed E-state index contributed by atoms with van der Waals surface area (Å²) in [5.41, 5.74) is 0.466. The van der Waals surface area contributed by atoms with Crippen molar-refractivity contribution in [2.45, 2.75) is 37.1 Å². The lowest BCUT2D eigenvalue weighted by Gasteiger charge is -2.18. The number of hydrogen-bond acceptors (Lipinski definition) is 5. The zero-order valence-electron chi connectivity index (χ0n) is 13.1. The highest BCUT2D eigenvalue weighted by molar-refractivity contribution is 5.94. The zero-order valence-corrected chi connectivity index (χ0v) is 13.1. The number of benzene rings is 1. The van der Waals surface area contributed by atoms with Crippen molar-refractivity contribution in [3.05, 3.63) is 29.8 Å². The second kappa shape index (κ2) is 6.07. The minimum atomic E-state index is -0.254. The Hall–Kier alpha value is -2.12. The van der Waals surface area contributed by atoms with Crippen LogP contribution in [0.1, 0.15) is 23.2 Å². The van der Waals surface area contributed by atoms with E-state index in [0.717, 1.165) is 12.8 Å². The van der Waals surface area contributed by atoms with E-state index >= 15 is 0 Å². The third kappa shape index (κ3) is 2.97. The summed E-state index contributed by atoms with van der Waals surface area (Å²) in [7, 11) is 0. The van der Waals surface area contributed by atoms with Crippen molar-refractivity contribution in [2.24, 2.45) is 5.92 Å². The van der Waals surface area contributed by atoms with Gasteiger partial charge in [0.15, 0.2) is 0 Å². The molecular formula is C17H20N2O5. The molecule has 0 aromatic heterocycles. The summed E-state index contributed by atoms with van der Waals surface area (Å²) in [6.07, 6.45) is 1.44. The van der Waals surface area contributed by atoms with Crippen LogP contribution >= 0.6 is 0 Å². The molecule has 4 atom stereocenters. The Morgan fingerprint density at radius 3 is 2.12 bits per heavy atom. The van der Waals surface area contributed by atoms with Crippen LogP contribution in [0.5, 0.6) is 5.75 Å². The summed E-state index contributed by atoms with van der Waals surface area (Å²) in [6, 6.07) is 5.66. The fourth-order valence-corrected chi connectivity index (χ4v) is 3.26. The predicted octanol–water partition coefficient (Wildman–Crippen LogP) is 0.183. The van der Waals surface area contributed by atoms with Gasteiger partial charge in [-0.05, 0) is 37.1 Å². The Morgan fingerprint density at radius 2 is 1.54 bits per heavy atom. The fraction of sp³-hybridized carbons (Fsp3) is 0.529. The molecule has 1 aromatic carbocycles. The van der Waals surface area contributed by atoms with Crippen LogP contribution in [0, 0.1) is 5.92 Å². The second-order valence-corrected chi connectivity index (χ2v) is 6.61. The highest BCUT2D eigenvalue weighted by Gasteiger charge is 2.49. The molecule has 2 aliphatic heterocycles. The summed E-state index contributed by atoms with van der Waals surface area (Å²) in [4.78, 5) is 24.2. The SMILES string of the molecule is O=C(NC1COC2C(NC(=O)C3CC3)COC12)c1ccc(O)cc1. The van der Waals surface area contributed by atoms with E-state index in [2.05, 4.69) is 10.6 Å². The lowest BCUT2D eigenvalue weighted by molar-refractivity contribution is -0.123. The van der Waals surface area contributed by atoms with Gasteiger partial charge in [0.25, 0.3) is 5.91 Å². The molecular weight excluding hydrogens is 312 g/mol. The number of carbonyl (C=O) groups excluding carboxylic acids is 2. The molecule has 0 spiro atoms. The van der Waals surface area contributed by atoms with Gasteiger partial charge in [0, 0.05) is 11.5 Å². The monoisotopic (exact) mass is 332 g/mol. The van der Waals surface area contributed by atoms with Gasteiger partial charge in [-0.25, -0.2) is 0 Å². The van der Waals surface area contributed by atoms with E-state index in [0.29, 0.717) is 18.8 Å². The van der Waals surface area contributed by atoms with Gasteiger partial charge in [-0.1, -0.05) is 0 Å². The van der Waals surface area contributed by atoms with Crippen LogP contribution < -0.4 is 10.6 Å². The number of ether oxygens (including phenoxy) is 2. The molecule has 2 amide bonds.